The topological polar surface area (TPSA) is 25.2 Å². The fraction of sp³-hybridized carbons (Fsp3) is 0. The summed E-state index contributed by atoms with van der Waals surface area (Å²) in [6.45, 7) is 5.17. The quantitative estimate of drug-likeness (QED) is 0.557. The fourth-order valence-corrected chi connectivity index (χ4v) is 1.15. The van der Waals surface area contributed by atoms with Gasteiger partial charge in [-0.2, -0.15) is 24.0 Å². The summed E-state index contributed by atoms with van der Waals surface area (Å²) < 4.78 is 0. The number of nitrogens with zero attached hydrogens (tertiary/aromatic N) is 2. The summed E-state index contributed by atoms with van der Waals surface area (Å²) in [6, 6.07) is 7.79. The van der Waals surface area contributed by atoms with Gasteiger partial charge in [-0.1, -0.05) is 24.4 Å². The Morgan fingerprint density at radius 3 is 2.85 bits per heavy atom. The van der Waals surface area contributed by atoms with E-state index in [1.54, 1.807) is 6.20 Å². The molecule has 0 saturated carbocycles. The van der Waals surface area contributed by atoms with Crippen LogP contribution in [0.5, 0.6) is 0 Å². The van der Waals surface area contributed by atoms with Crippen molar-refractivity contribution in [3.8, 4) is 0 Å². The van der Waals surface area contributed by atoms with Crippen molar-refractivity contribution < 1.29 is 32.7 Å². The molecule has 1 aromatic carbocycles. The van der Waals surface area contributed by atoms with E-state index in [0.29, 0.717) is 5.69 Å². The summed E-state index contributed by atoms with van der Waals surface area (Å²) in [7, 11) is 0. The molecule has 0 aliphatic rings. The first-order chi connectivity index (χ1) is 5.92. The van der Waals surface area contributed by atoms with Crippen molar-refractivity contribution in [2.24, 2.45) is 4.99 Å². The largest absolute Gasteiger partial charge is 0.483 e. The maximum atomic E-state index is 5.17. The van der Waals surface area contributed by atoms with E-state index in [2.05, 4.69) is 16.2 Å². The number of hydrogen-bond donors (Lipinski definition) is 0. The monoisotopic (exact) mass is 243 g/mol. The van der Waals surface area contributed by atoms with E-state index >= 15 is 0 Å². The molecule has 13 heavy (non-hydrogen) atoms. The molecule has 2 rings (SSSR count). The first kappa shape index (κ1) is 10.5. The Hall–Kier alpha value is -0.596. The van der Waals surface area contributed by atoms with Crippen molar-refractivity contribution in [3.05, 3.63) is 36.7 Å². The van der Waals surface area contributed by atoms with Crippen molar-refractivity contribution in [1.82, 2.24) is 4.98 Å². The van der Waals surface area contributed by atoms with Gasteiger partial charge in [0, 0.05) is 32.7 Å². The second-order valence-corrected chi connectivity index (χ2v) is 2.43. The molecule has 0 aliphatic carbocycles. The molecule has 1 radical (unpaired) electrons. The molecule has 1 aromatic heterocycles. The molecule has 0 spiro atoms. The van der Waals surface area contributed by atoms with Gasteiger partial charge >= 0.3 is 0 Å². The molecule has 61 valence electrons. The maximum Gasteiger partial charge on any atom is 0 e. The summed E-state index contributed by atoms with van der Waals surface area (Å²) in [4.78, 5) is 7.47. The summed E-state index contributed by atoms with van der Waals surface area (Å²) in [6.07, 6.45) is 4.46. The molecule has 0 unspecified atom stereocenters. The van der Waals surface area contributed by atoms with Crippen molar-refractivity contribution in [2.75, 3.05) is 0 Å². The van der Waals surface area contributed by atoms with Crippen LogP contribution < -0.4 is 0 Å². The number of hydrogen-bond acceptors (Lipinski definition) is 2. The fourth-order valence-electron chi connectivity index (χ4n) is 1.15. The SMILES string of the molecule is [CH-]=Nc1[c-]ncc2ccccc12.[Y]. The average Bonchev–Trinajstić information content (AvgIpc) is 2.17. The minimum absolute atomic E-state index is 0. The molecule has 1 heterocycles. The van der Waals surface area contributed by atoms with Gasteiger partial charge in [-0.15, -0.1) is 11.5 Å². The predicted octanol–water partition coefficient (Wildman–Crippen LogP) is 2.24. The summed E-state index contributed by atoms with van der Waals surface area (Å²) in [5, 5.41) is 2.01. The van der Waals surface area contributed by atoms with Crippen molar-refractivity contribution >= 4 is 23.2 Å². The van der Waals surface area contributed by atoms with Crippen LogP contribution in [0.15, 0.2) is 35.5 Å². The van der Waals surface area contributed by atoms with Crippen LogP contribution in [0.1, 0.15) is 0 Å². The minimum Gasteiger partial charge on any atom is -0.483 e. The number of benzene rings is 1. The van der Waals surface area contributed by atoms with Gasteiger partial charge in [0.15, 0.2) is 0 Å². The second-order valence-electron chi connectivity index (χ2n) is 2.43. The molecule has 0 amide bonds. The molecule has 0 saturated heterocycles. The zero-order valence-electron chi connectivity index (χ0n) is 6.94. The van der Waals surface area contributed by atoms with Gasteiger partial charge in [-0.05, 0) is 0 Å². The van der Waals surface area contributed by atoms with Gasteiger partial charge in [0.25, 0.3) is 0 Å². The first-order valence-electron chi connectivity index (χ1n) is 3.58. The van der Waals surface area contributed by atoms with Gasteiger partial charge in [0.1, 0.15) is 0 Å². The molecule has 2 aromatic rings. The van der Waals surface area contributed by atoms with Gasteiger partial charge in [0.05, 0.1) is 0 Å². The molecule has 0 aliphatic heterocycles. The molecular formula is C10H6N2Y-2. The number of rotatable bonds is 1. The summed E-state index contributed by atoms with van der Waals surface area (Å²) in [5.41, 5.74) is 0.605. The third-order valence-electron chi connectivity index (χ3n) is 1.72. The molecule has 2 nitrogen and oxygen atoms in total. The molecule has 0 bridgehead atoms. The predicted molar refractivity (Wildman–Crippen MR) is 48.7 cm³/mol. The van der Waals surface area contributed by atoms with E-state index in [-0.39, 0.29) is 32.7 Å². The van der Waals surface area contributed by atoms with Crippen molar-refractivity contribution in [1.29, 1.82) is 0 Å². The molecular weight excluding hydrogens is 237 g/mol. The van der Waals surface area contributed by atoms with Gasteiger partial charge in [-0.3, -0.25) is 0 Å². The normalized spacial score (nSPS) is 9.23. The van der Waals surface area contributed by atoms with Gasteiger partial charge in [0.2, 0.25) is 0 Å². The Kier molecular flexibility index (Phi) is 3.70. The number of aromatic nitrogens is 1. The smallest absolute Gasteiger partial charge is 0 e. The average molecular weight is 243 g/mol. The third kappa shape index (κ3) is 2.01. The zero-order chi connectivity index (χ0) is 8.39. The third-order valence-corrected chi connectivity index (χ3v) is 1.72. The minimum atomic E-state index is 0. The number of pyridine rings is 1. The van der Waals surface area contributed by atoms with Crippen LogP contribution >= 0.6 is 0 Å². The van der Waals surface area contributed by atoms with Crippen molar-refractivity contribution in [2.45, 2.75) is 0 Å². The van der Waals surface area contributed by atoms with Crippen LogP contribution in [0.4, 0.5) is 5.69 Å². The van der Waals surface area contributed by atoms with Gasteiger partial charge < -0.3 is 9.98 Å². The van der Waals surface area contributed by atoms with Crippen LogP contribution in [0.25, 0.3) is 10.8 Å². The van der Waals surface area contributed by atoms with E-state index in [9.17, 15) is 0 Å². The Labute approximate surface area is 102 Å². The van der Waals surface area contributed by atoms with Crippen LogP contribution in [-0.4, -0.2) is 11.7 Å². The molecule has 0 fully saturated rings. The van der Waals surface area contributed by atoms with Crippen LogP contribution in [0.2, 0.25) is 0 Å². The van der Waals surface area contributed by atoms with Crippen LogP contribution in [0, 0.1) is 6.20 Å². The number of fused-ring (bicyclic) bond motifs is 1. The Bertz CT molecular complexity index is 421. The van der Waals surface area contributed by atoms with E-state index < -0.39 is 0 Å². The molecule has 3 heteroatoms. The Morgan fingerprint density at radius 2 is 2.08 bits per heavy atom. The van der Waals surface area contributed by atoms with Gasteiger partial charge in [-0.25, -0.2) is 0 Å². The first-order valence-corrected chi connectivity index (χ1v) is 3.58. The van der Waals surface area contributed by atoms with E-state index in [0.717, 1.165) is 10.8 Å². The van der Waals surface area contributed by atoms with E-state index in [1.165, 1.54) is 0 Å². The molecule has 0 atom stereocenters. The van der Waals surface area contributed by atoms with Crippen molar-refractivity contribution in [3.63, 3.8) is 0 Å². The standard InChI is InChI=1S/C10H6N2.Y/c1-11-10-7-12-6-8-4-2-3-5-9(8)10;/h1-6H;/q-2;. The van der Waals surface area contributed by atoms with Crippen LogP contribution in [0.3, 0.4) is 0 Å². The Morgan fingerprint density at radius 1 is 1.31 bits per heavy atom. The Balaban J connectivity index is 0.000000845. The second kappa shape index (κ2) is 4.59. The van der Waals surface area contributed by atoms with E-state index in [1.807, 2.05) is 24.3 Å². The maximum absolute atomic E-state index is 5.17. The summed E-state index contributed by atoms with van der Waals surface area (Å²) in [5.74, 6) is 0. The zero-order valence-corrected chi connectivity index (χ0v) is 9.77. The summed E-state index contributed by atoms with van der Waals surface area (Å²) >= 11 is 0. The van der Waals surface area contributed by atoms with Crippen LogP contribution in [-0.2, 0) is 32.7 Å². The van der Waals surface area contributed by atoms with E-state index in [4.69, 9.17) is 6.72 Å². The molecule has 0 N–H and O–H groups in total. The number of aliphatic imine (C=N–C) groups is 1.